The summed E-state index contributed by atoms with van der Waals surface area (Å²) >= 11 is 4.92. The minimum Gasteiger partial charge on any atom is -0.109 e. The van der Waals surface area contributed by atoms with E-state index >= 15 is 0 Å². The highest BCUT2D eigenvalue weighted by Gasteiger charge is 2.12. The van der Waals surface area contributed by atoms with Gasteiger partial charge in [-0.1, -0.05) is 51.2 Å². The van der Waals surface area contributed by atoms with Crippen molar-refractivity contribution >= 4 is 73.7 Å². The van der Waals surface area contributed by atoms with Crippen LogP contribution >= 0.6 is 52.7 Å². The molecule has 0 saturated heterocycles. The van der Waals surface area contributed by atoms with Crippen LogP contribution in [0.25, 0.3) is 21.0 Å². The van der Waals surface area contributed by atoms with E-state index in [9.17, 15) is 0 Å². The summed E-state index contributed by atoms with van der Waals surface area (Å²) in [6.07, 6.45) is 9.71. The maximum atomic E-state index is 2.46. The molecule has 0 spiro atoms. The monoisotopic (exact) mass is 548 g/mol. The van der Waals surface area contributed by atoms with Crippen LogP contribution in [0.15, 0.2) is 36.4 Å². The Morgan fingerprint density at radius 3 is 1.83 bits per heavy atom. The predicted molar refractivity (Wildman–Crippen MR) is 123 cm³/mol. The molecule has 3 aromatic rings. The van der Waals surface area contributed by atoms with Crippen molar-refractivity contribution in [3.8, 4) is 0 Å². The van der Waals surface area contributed by atoms with Gasteiger partial charge in [0.05, 0.1) is 0 Å². The number of fused-ring (bicyclic) bond motifs is 3. The van der Waals surface area contributed by atoms with Crippen LogP contribution in [0.2, 0.25) is 0 Å². The van der Waals surface area contributed by atoms with Crippen molar-refractivity contribution in [3.63, 3.8) is 0 Å². The van der Waals surface area contributed by atoms with Gasteiger partial charge in [0.1, 0.15) is 0 Å². The number of rotatable bonds is 7. The molecule has 0 aliphatic carbocycles. The second kappa shape index (κ2) is 8.53. The SMILES string of the molecule is CCCCCCCCp1c2cc(I)ccc2c2ccc(I)cc21. The molecule has 0 saturated carbocycles. The van der Waals surface area contributed by atoms with Crippen molar-refractivity contribution in [3.05, 3.63) is 43.5 Å². The van der Waals surface area contributed by atoms with Gasteiger partial charge in [-0.25, -0.2) is 0 Å². The Labute approximate surface area is 167 Å². The lowest BCUT2D eigenvalue weighted by Crippen LogP contribution is -1.79. The molecule has 3 heteroatoms. The van der Waals surface area contributed by atoms with Crippen LogP contribution in [0, 0.1) is 7.14 Å². The van der Waals surface area contributed by atoms with Crippen LogP contribution in [0.4, 0.5) is 0 Å². The molecule has 0 radical (unpaired) electrons. The Hall–Kier alpha value is 0.200. The summed E-state index contributed by atoms with van der Waals surface area (Å²) in [5, 5.41) is 6.23. The van der Waals surface area contributed by atoms with Gasteiger partial charge in [-0.15, -0.1) is 7.53 Å². The maximum absolute atomic E-state index is 2.46. The molecule has 0 N–H and O–H groups in total. The number of unbranched alkanes of at least 4 members (excludes halogenated alkanes) is 5. The third-order valence-electron chi connectivity index (χ3n) is 4.53. The fourth-order valence-electron chi connectivity index (χ4n) is 3.33. The van der Waals surface area contributed by atoms with Crippen molar-refractivity contribution < 1.29 is 0 Å². The van der Waals surface area contributed by atoms with Gasteiger partial charge in [-0.05, 0) is 92.8 Å². The third-order valence-corrected chi connectivity index (χ3v) is 8.54. The van der Waals surface area contributed by atoms with Crippen molar-refractivity contribution in [2.24, 2.45) is 0 Å². The molecule has 2 aromatic carbocycles. The molecular formula is C20H23I2P. The van der Waals surface area contributed by atoms with Crippen LogP contribution in [-0.4, -0.2) is 0 Å². The maximum Gasteiger partial charge on any atom is 0.0140 e. The second-order valence-corrected chi connectivity index (χ2v) is 11.0. The van der Waals surface area contributed by atoms with E-state index in [1.54, 1.807) is 10.2 Å². The van der Waals surface area contributed by atoms with Crippen LogP contribution in [0.3, 0.4) is 0 Å². The van der Waals surface area contributed by atoms with E-state index in [0.717, 1.165) is 0 Å². The van der Waals surface area contributed by atoms with E-state index < -0.39 is 0 Å². The largest absolute Gasteiger partial charge is 0.109 e. The molecule has 3 rings (SSSR count). The van der Waals surface area contributed by atoms with E-state index in [1.807, 2.05) is 0 Å². The van der Waals surface area contributed by atoms with Gasteiger partial charge in [0.2, 0.25) is 0 Å². The predicted octanol–water partition coefficient (Wildman–Crippen LogP) is 8.55. The standard InChI is InChI=1S/C20H23I2P/c1-2-3-4-5-6-7-12-23-19-13-15(21)8-10-17(19)18-11-9-16(22)14-20(18)23/h8-11,13-14H,2-7,12H2,1H3. The van der Waals surface area contributed by atoms with Gasteiger partial charge in [0.25, 0.3) is 0 Å². The van der Waals surface area contributed by atoms with Crippen LogP contribution in [-0.2, 0) is 6.16 Å². The first kappa shape index (κ1) is 18.0. The zero-order chi connectivity index (χ0) is 16.2. The molecule has 23 heavy (non-hydrogen) atoms. The number of halogens is 2. The van der Waals surface area contributed by atoms with E-state index in [1.165, 1.54) is 62.6 Å². The Morgan fingerprint density at radius 1 is 0.739 bits per heavy atom. The van der Waals surface area contributed by atoms with Crippen molar-refractivity contribution in [1.29, 1.82) is 0 Å². The molecule has 0 nitrogen and oxygen atoms in total. The zero-order valence-electron chi connectivity index (χ0n) is 13.6. The van der Waals surface area contributed by atoms with Gasteiger partial charge >= 0.3 is 0 Å². The smallest absolute Gasteiger partial charge is 0.0140 e. The molecular weight excluding hydrogens is 525 g/mol. The lowest BCUT2D eigenvalue weighted by molar-refractivity contribution is 0.619. The molecule has 0 aliphatic heterocycles. The van der Waals surface area contributed by atoms with Crippen LogP contribution in [0.1, 0.15) is 45.4 Å². The molecule has 0 bridgehead atoms. The Balaban J connectivity index is 1.89. The average molecular weight is 548 g/mol. The van der Waals surface area contributed by atoms with Gasteiger partial charge in [-0.2, -0.15) is 0 Å². The highest BCUT2D eigenvalue weighted by Crippen LogP contribution is 2.51. The summed E-state index contributed by atoms with van der Waals surface area (Å²) in [5.41, 5.74) is 0. The second-order valence-electron chi connectivity index (χ2n) is 6.24. The molecule has 0 amide bonds. The summed E-state index contributed by atoms with van der Waals surface area (Å²) in [6, 6.07) is 14.1. The highest BCUT2D eigenvalue weighted by molar-refractivity contribution is 14.1. The minimum absolute atomic E-state index is 0.143. The number of benzene rings is 2. The van der Waals surface area contributed by atoms with E-state index in [-0.39, 0.29) is 7.53 Å². The fourth-order valence-corrected chi connectivity index (χ4v) is 7.65. The molecule has 0 unspecified atom stereocenters. The first-order valence-corrected chi connectivity index (χ1v) is 12.3. The minimum atomic E-state index is -0.143. The normalized spacial score (nSPS) is 11.6. The van der Waals surface area contributed by atoms with Gasteiger partial charge < -0.3 is 0 Å². The van der Waals surface area contributed by atoms with Crippen molar-refractivity contribution in [1.82, 2.24) is 0 Å². The van der Waals surface area contributed by atoms with Gasteiger partial charge in [0, 0.05) is 17.4 Å². The van der Waals surface area contributed by atoms with E-state index in [4.69, 9.17) is 0 Å². The first-order chi connectivity index (χ1) is 11.2. The summed E-state index contributed by atoms with van der Waals surface area (Å²) < 4.78 is 2.75. The lowest BCUT2D eigenvalue weighted by atomic mass is 10.1. The summed E-state index contributed by atoms with van der Waals surface area (Å²) in [7, 11) is -0.143. The molecule has 0 fully saturated rings. The Bertz CT molecular complexity index is 745. The molecule has 122 valence electrons. The lowest BCUT2D eigenvalue weighted by Gasteiger charge is -2.04. The van der Waals surface area contributed by atoms with Gasteiger partial charge in [0.15, 0.2) is 0 Å². The van der Waals surface area contributed by atoms with Crippen LogP contribution in [0.5, 0.6) is 0 Å². The molecule has 0 atom stereocenters. The number of aryl methyl sites for hydroxylation is 1. The quantitative estimate of drug-likeness (QED) is 0.205. The molecule has 1 aromatic heterocycles. The highest BCUT2D eigenvalue weighted by atomic mass is 127. The topological polar surface area (TPSA) is 0 Å². The number of hydrogen-bond donors (Lipinski definition) is 0. The number of hydrogen-bond acceptors (Lipinski definition) is 0. The summed E-state index contributed by atoms with van der Waals surface area (Å²) in [4.78, 5) is 0. The van der Waals surface area contributed by atoms with E-state index in [2.05, 4.69) is 88.5 Å². The summed E-state index contributed by atoms with van der Waals surface area (Å²) in [6.45, 7) is 2.29. The van der Waals surface area contributed by atoms with Crippen molar-refractivity contribution in [2.45, 2.75) is 51.6 Å². The van der Waals surface area contributed by atoms with Gasteiger partial charge in [-0.3, -0.25) is 0 Å². The Morgan fingerprint density at radius 2 is 1.26 bits per heavy atom. The van der Waals surface area contributed by atoms with Crippen molar-refractivity contribution in [2.75, 3.05) is 0 Å². The Kier molecular flexibility index (Phi) is 6.68. The van der Waals surface area contributed by atoms with Crippen LogP contribution < -0.4 is 0 Å². The van der Waals surface area contributed by atoms with E-state index in [0.29, 0.717) is 0 Å². The molecule has 1 heterocycles. The fraction of sp³-hybridized carbons (Fsp3) is 0.400. The summed E-state index contributed by atoms with van der Waals surface area (Å²) in [5.74, 6) is 0. The first-order valence-electron chi connectivity index (χ1n) is 8.57. The average Bonchev–Trinajstić information content (AvgIpc) is 2.83. The molecule has 0 aliphatic rings. The zero-order valence-corrected chi connectivity index (χ0v) is 18.8. The third kappa shape index (κ3) is 4.24.